The molecule has 0 bridgehead atoms. The number of rotatable bonds is 4. The van der Waals surface area contributed by atoms with E-state index in [4.69, 9.17) is 15.0 Å². The maximum atomic E-state index is 11.8. The Balaban J connectivity index is 1.36. The van der Waals surface area contributed by atoms with Crippen molar-refractivity contribution in [3.63, 3.8) is 0 Å². The van der Waals surface area contributed by atoms with Crippen molar-refractivity contribution in [3.8, 4) is 6.07 Å². The minimum absolute atomic E-state index is 0.0689. The lowest BCUT2D eigenvalue weighted by molar-refractivity contribution is 0.154. The van der Waals surface area contributed by atoms with Gasteiger partial charge in [-0.2, -0.15) is 5.26 Å². The maximum absolute atomic E-state index is 11.8. The van der Waals surface area contributed by atoms with Gasteiger partial charge < -0.3 is 4.74 Å². The molecule has 0 unspecified atom stereocenters. The second-order valence-electron chi connectivity index (χ2n) is 7.78. The minimum atomic E-state index is -0.386. The number of aromatic nitrogens is 1. The van der Waals surface area contributed by atoms with Crippen LogP contribution < -0.4 is 5.32 Å². The topological polar surface area (TPSA) is 87.4 Å². The van der Waals surface area contributed by atoms with E-state index in [1.54, 1.807) is 6.20 Å². The largest absolute Gasteiger partial charge is 0.446 e. The Morgan fingerprint density at radius 3 is 2.68 bits per heavy atom. The Morgan fingerprint density at radius 1 is 1.25 bits per heavy atom. The Kier molecular flexibility index (Phi) is 3.90. The molecule has 2 saturated carbocycles. The van der Waals surface area contributed by atoms with Crippen LogP contribution in [0.5, 0.6) is 0 Å². The van der Waals surface area contributed by atoms with Crippen molar-refractivity contribution in [2.75, 3.05) is 5.32 Å². The van der Waals surface area contributed by atoms with E-state index >= 15 is 0 Å². The van der Waals surface area contributed by atoms with Crippen LogP contribution in [0.15, 0.2) is 41.5 Å². The zero-order valence-corrected chi connectivity index (χ0v) is 15.4. The standard InChI is InChI=1S/C22H20N4O2/c23-12-14-10-19-18(24-13-14)11-20(26-19)22(8-1-9-22)15-2-4-16(5-3-15)25-21(27)28-17-6-7-17/h2-5,10,13,17H,1,6-9,11H2,(H,25,27). The first-order valence-corrected chi connectivity index (χ1v) is 9.71. The fourth-order valence-corrected chi connectivity index (χ4v) is 4.03. The van der Waals surface area contributed by atoms with Gasteiger partial charge in [0, 0.05) is 29.4 Å². The number of fused-ring (bicyclic) bond motifs is 1. The molecule has 2 heterocycles. The molecule has 6 heteroatoms. The van der Waals surface area contributed by atoms with E-state index in [-0.39, 0.29) is 17.6 Å². The predicted octanol–water partition coefficient (Wildman–Crippen LogP) is 4.41. The van der Waals surface area contributed by atoms with Crippen molar-refractivity contribution in [1.82, 2.24) is 4.98 Å². The number of hydrogen-bond donors (Lipinski definition) is 1. The molecule has 3 aliphatic rings. The smallest absolute Gasteiger partial charge is 0.411 e. The molecule has 0 saturated heterocycles. The molecule has 6 nitrogen and oxygen atoms in total. The lowest BCUT2D eigenvalue weighted by Gasteiger charge is -2.42. The second kappa shape index (κ2) is 6.45. The van der Waals surface area contributed by atoms with Crippen molar-refractivity contribution >= 4 is 23.2 Å². The Hall–Kier alpha value is -3.20. The number of nitrogens with one attached hydrogen (secondary N) is 1. The molecule has 2 aliphatic carbocycles. The third-order valence-electron chi connectivity index (χ3n) is 5.91. The predicted molar refractivity (Wildman–Crippen MR) is 105 cm³/mol. The minimum Gasteiger partial charge on any atom is -0.446 e. The van der Waals surface area contributed by atoms with Gasteiger partial charge >= 0.3 is 6.09 Å². The number of nitriles is 1. The van der Waals surface area contributed by atoms with E-state index in [0.717, 1.165) is 54.9 Å². The zero-order valence-electron chi connectivity index (χ0n) is 15.4. The quantitative estimate of drug-likeness (QED) is 0.861. The molecule has 2 aromatic rings. The van der Waals surface area contributed by atoms with E-state index in [1.807, 2.05) is 18.2 Å². The first-order valence-electron chi connectivity index (χ1n) is 9.71. The van der Waals surface area contributed by atoms with Gasteiger partial charge in [-0.15, -0.1) is 0 Å². The number of pyridine rings is 1. The summed E-state index contributed by atoms with van der Waals surface area (Å²) in [5.41, 5.74) is 5.32. The van der Waals surface area contributed by atoms with Gasteiger partial charge in [-0.3, -0.25) is 15.3 Å². The van der Waals surface area contributed by atoms with Crippen LogP contribution in [-0.4, -0.2) is 22.9 Å². The van der Waals surface area contributed by atoms with Crippen molar-refractivity contribution in [3.05, 3.63) is 53.3 Å². The van der Waals surface area contributed by atoms with Crippen LogP contribution in [0.2, 0.25) is 0 Å². The van der Waals surface area contributed by atoms with Crippen LogP contribution in [0.25, 0.3) is 0 Å². The van der Waals surface area contributed by atoms with Gasteiger partial charge in [-0.1, -0.05) is 18.6 Å². The number of carbonyl (C=O) groups is 1. The molecule has 140 valence electrons. The fraction of sp³-hybridized carbons (Fsp3) is 0.364. The number of ether oxygens (including phenoxy) is 1. The van der Waals surface area contributed by atoms with E-state index in [2.05, 4.69) is 28.5 Å². The van der Waals surface area contributed by atoms with Crippen LogP contribution in [0.4, 0.5) is 16.2 Å². The highest BCUT2D eigenvalue weighted by Crippen LogP contribution is 2.48. The summed E-state index contributed by atoms with van der Waals surface area (Å²) >= 11 is 0. The lowest BCUT2D eigenvalue weighted by Crippen LogP contribution is -2.42. The van der Waals surface area contributed by atoms with Gasteiger partial charge in [0.05, 0.1) is 16.9 Å². The average Bonchev–Trinajstić information content (AvgIpc) is 3.37. The normalized spacial score (nSPS) is 19.0. The highest BCUT2D eigenvalue weighted by molar-refractivity contribution is 6.02. The average molecular weight is 372 g/mol. The van der Waals surface area contributed by atoms with Crippen molar-refractivity contribution in [2.24, 2.45) is 4.99 Å². The molecule has 1 aromatic heterocycles. The summed E-state index contributed by atoms with van der Waals surface area (Å²) in [7, 11) is 0. The monoisotopic (exact) mass is 372 g/mol. The van der Waals surface area contributed by atoms with Crippen LogP contribution in [-0.2, 0) is 16.6 Å². The number of nitrogens with zero attached hydrogens (tertiary/aromatic N) is 3. The number of benzene rings is 1. The van der Waals surface area contributed by atoms with Gasteiger partial charge in [0.25, 0.3) is 0 Å². The van der Waals surface area contributed by atoms with E-state index in [1.165, 1.54) is 12.0 Å². The number of amides is 1. The third-order valence-corrected chi connectivity index (χ3v) is 5.91. The summed E-state index contributed by atoms with van der Waals surface area (Å²) in [6, 6.07) is 12.0. The lowest BCUT2D eigenvalue weighted by atomic mass is 9.61. The molecule has 28 heavy (non-hydrogen) atoms. The maximum Gasteiger partial charge on any atom is 0.411 e. The van der Waals surface area contributed by atoms with Gasteiger partial charge in [0.2, 0.25) is 0 Å². The summed E-state index contributed by atoms with van der Waals surface area (Å²) < 4.78 is 5.23. The number of aliphatic imine (C=N–C) groups is 1. The van der Waals surface area contributed by atoms with Crippen molar-refractivity contribution in [2.45, 2.75) is 50.0 Å². The highest BCUT2D eigenvalue weighted by atomic mass is 16.6. The molecule has 2 fully saturated rings. The molecule has 1 aromatic carbocycles. The highest BCUT2D eigenvalue weighted by Gasteiger charge is 2.45. The molecule has 0 radical (unpaired) electrons. The molecule has 0 spiro atoms. The summed E-state index contributed by atoms with van der Waals surface area (Å²) in [5.74, 6) is 0. The molecule has 5 rings (SSSR count). The zero-order chi connectivity index (χ0) is 19.1. The van der Waals surface area contributed by atoms with E-state index < -0.39 is 0 Å². The van der Waals surface area contributed by atoms with Gasteiger partial charge in [0.1, 0.15) is 12.2 Å². The molecular formula is C22H20N4O2. The number of carbonyl (C=O) groups excluding carboxylic acids is 1. The number of anilines is 1. The summed E-state index contributed by atoms with van der Waals surface area (Å²) in [6.45, 7) is 0. The number of hydrogen-bond acceptors (Lipinski definition) is 5. The molecule has 0 atom stereocenters. The van der Waals surface area contributed by atoms with Crippen LogP contribution >= 0.6 is 0 Å². The summed E-state index contributed by atoms with van der Waals surface area (Å²) in [6.07, 6.45) is 7.26. The first-order chi connectivity index (χ1) is 13.7. The second-order valence-corrected chi connectivity index (χ2v) is 7.78. The van der Waals surface area contributed by atoms with Gasteiger partial charge in [-0.25, -0.2) is 4.79 Å². The van der Waals surface area contributed by atoms with Gasteiger partial charge in [-0.05, 0) is 49.4 Å². The van der Waals surface area contributed by atoms with E-state index in [9.17, 15) is 4.79 Å². The van der Waals surface area contributed by atoms with Crippen LogP contribution in [0, 0.1) is 11.3 Å². The first kappa shape index (κ1) is 16.9. The third kappa shape index (κ3) is 2.93. The van der Waals surface area contributed by atoms with Crippen molar-refractivity contribution in [1.29, 1.82) is 5.26 Å². The van der Waals surface area contributed by atoms with Gasteiger partial charge in [0.15, 0.2) is 0 Å². The Morgan fingerprint density at radius 2 is 2.04 bits per heavy atom. The summed E-state index contributed by atoms with van der Waals surface area (Å²) in [5, 5.41) is 11.9. The molecule has 1 N–H and O–H groups in total. The fourth-order valence-electron chi connectivity index (χ4n) is 4.03. The SMILES string of the molecule is N#Cc1cnc2c(c1)N=C(C1(c3ccc(NC(=O)OC4CC4)cc3)CCC1)C2. The Labute approximate surface area is 163 Å². The summed E-state index contributed by atoms with van der Waals surface area (Å²) in [4.78, 5) is 21.1. The Bertz CT molecular complexity index is 1010. The molecular weight excluding hydrogens is 352 g/mol. The van der Waals surface area contributed by atoms with Crippen molar-refractivity contribution < 1.29 is 9.53 Å². The molecule has 1 aliphatic heterocycles. The van der Waals surface area contributed by atoms with Crippen LogP contribution in [0.3, 0.4) is 0 Å². The van der Waals surface area contributed by atoms with Crippen LogP contribution in [0.1, 0.15) is 48.9 Å². The molecule has 1 amide bonds. The van der Waals surface area contributed by atoms with E-state index in [0.29, 0.717) is 5.56 Å².